The zero-order valence-corrected chi connectivity index (χ0v) is 8.42. The Kier molecular flexibility index (Phi) is 2.60. The van der Waals surface area contributed by atoms with E-state index in [1.807, 2.05) is 6.92 Å². The first-order chi connectivity index (χ1) is 6.34. The van der Waals surface area contributed by atoms with Crippen LogP contribution in [0.25, 0.3) is 0 Å². The van der Waals surface area contributed by atoms with E-state index in [4.69, 9.17) is 5.73 Å². The summed E-state index contributed by atoms with van der Waals surface area (Å²) < 4.78 is 0. The lowest BCUT2D eigenvalue weighted by molar-refractivity contribution is 0.467. The van der Waals surface area contributed by atoms with Crippen LogP contribution in [-0.2, 0) is 0 Å². The molecule has 0 spiro atoms. The molecule has 0 heterocycles. The summed E-state index contributed by atoms with van der Waals surface area (Å²) in [6, 6.07) is 0.441. The van der Waals surface area contributed by atoms with Crippen molar-refractivity contribution in [3.63, 3.8) is 0 Å². The van der Waals surface area contributed by atoms with E-state index in [9.17, 15) is 0 Å². The second-order valence-corrected chi connectivity index (χ2v) is 4.47. The van der Waals surface area contributed by atoms with Gasteiger partial charge in [0.05, 0.1) is 0 Å². The molecule has 3 atom stereocenters. The van der Waals surface area contributed by atoms with E-state index in [-0.39, 0.29) is 0 Å². The van der Waals surface area contributed by atoms with Crippen molar-refractivity contribution in [1.29, 1.82) is 0 Å². The molecule has 0 bridgehead atoms. The van der Waals surface area contributed by atoms with Crippen LogP contribution in [0.4, 0.5) is 0 Å². The Labute approximate surface area is 81.1 Å². The Bertz CT molecular complexity index is 225. The smallest absolute Gasteiger partial charge is 0.0103 e. The van der Waals surface area contributed by atoms with Gasteiger partial charge in [-0.05, 0) is 43.9 Å². The maximum Gasteiger partial charge on any atom is 0.0103 e. The van der Waals surface area contributed by atoms with Crippen molar-refractivity contribution < 1.29 is 0 Å². The molecule has 0 radical (unpaired) electrons. The zero-order chi connectivity index (χ0) is 9.26. The number of hydrogen-bond donors (Lipinski definition) is 1. The molecule has 2 aliphatic rings. The van der Waals surface area contributed by atoms with Gasteiger partial charge in [-0.15, -0.1) is 11.8 Å². The Morgan fingerprint density at radius 1 is 1.38 bits per heavy atom. The fourth-order valence-electron chi connectivity index (χ4n) is 3.07. The number of nitrogens with two attached hydrogens (primary N) is 1. The van der Waals surface area contributed by atoms with Gasteiger partial charge in [0.25, 0.3) is 0 Å². The van der Waals surface area contributed by atoms with Crippen molar-refractivity contribution >= 4 is 0 Å². The van der Waals surface area contributed by atoms with Gasteiger partial charge in [-0.25, -0.2) is 0 Å². The molecule has 2 fully saturated rings. The fourth-order valence-corrected chi connectivity index (χ4v) is 3.07. The second-order valence-electron chi connectivity index (χ2n) is 4.47. The molecule has 3 unspecified atom stereocenters. The molecule has 0 saturated heterocycles. The average molecular weight is 177 g/mol. The Morgan fingerprint density at radius 2 is 2.08 bits per heavy atom. The second kappa shape index (κ2) is 3.72. The summed E-state index contributed by atoms with van der Waals surface area (Å²) in [6.45, 7) is 1.90. The minimum absolute atomic E-state index is 0.441. The molecule has 2 saturated carbocycles. The summed E-state index contributed by atoms with van der Waals surface area (Å²) >= 11 is 0. The van der Waals surface area contributed by atoms with E-state index in [0.717, 1.165) is 30.6 Å². The number of fused-ring (bicyclic) bond motifs is 1. The SMILES string of the molecule is CC#CCCC(N)C1C2CCCC21. The summed E-state index contributed by atoms with van der Waals surface area (Å²) in [5.74, 6) is 8.90. The molecule has 0 aromatic carbocycles. The predicted molar refractivity (Wildman–Crippen MR) is 55.0 cm³/mol. The third-order valence-electron chi connectivity index (χ3n) is 3.75. The molecule has 72 valence electrons. The van der Waals surface area contributed by atoms with Crippen molar-refractivity contribution in [2.24, 2.45) is 23.5 Å². The Hall–Kier alpha value is -0.480. The van der Waals surface area contributed by atoms with Gasteiger partial charge in [-0.2, -0.15) is 0 Å². The monoisotopic (exact) mass is 177 g/mol. The van der Waals surface area contributed by atoms with Crippen LogP contribution in [-0.4, -0.2) is 6.04 Å². The summed E-state index contributed by atoms with van der Waals surface area (Å²) in [4.78, 5) is 0. The van der Waals surface area contributed by atoms with Gasteiger partial charge in [0.15, 0.2) is 0 Å². The van der Waals surface area contributed by atoms with Crippen molar-refractivity contribution in [2.75, 3.05) is 0 Å². The van der Waals surface area contributed by atoms with E-state index in [1.54, 1.807) is 0 Å². The number of hydrogen-bond acceptors (Lipinski definition) is 1. The van der Waals surface area contributed by atoms with Crippen LogP contribution in [0.3, 0.4) is 0 Å². The quantitative estimate of drug-likeness (QED) is 0.657. The van der Waals surface area contributed by atoms with Gasteiger partial charge in [0.2, 0.25) is 0 Å². The molecule has 2 N–H and O–H groups in total. The van der Waals surface area contributed by atoms with Crippen molar-refractivity contribution in [3.8, 4) is 11.8 Å². The molecule has 2 rings (SSSR count). The first-order valence-electron chi connectivity index (χ1n) is 5.49. The van der Waals surface area contributed by atoms with E-state index in [1.165, 1.54) is 19.3 Å². The lowest BCUT2D eigenvalue weighted by atomic mass is 10.0. The highest BCUT2D eigenvalue weighted by atomic mass is 14.7. The number of rotatable bonds is 3. The minimum atomic E-state index is 0.441. The van der Waals surface area contributed by atoms with Gasteiger partial charge < -0.3 is 5.73 Å². The molecule has 1 nitrogen and oxygen atoms in total. The molecular weight excluding hydrogens is 158 g/mol. The van der Waals surface area contributed by atoms with Crippen molar-refractivity contribution in [1.82, 2.24) is 0 Å². The van der Waals surface area contributed by atoms with Gasteiger partial charge in [0, 0.05) is 12.5 Å². The van der Waals surface area contributed by atoms with Gasteiger partial charge in [0.1, 0.15) is 0 Å². The third-order valence-corrected chi connectivity index (χ3v) is 3.75. The Balaban J connectivity index is 1.72. The largest absolute Gasteiger partial charge is 0.327 e. The first kappa shape index (κ1) is 9.09. The zero-order valence-electron chi connectivity index (χ0n) is 8.42. The minimum Gasteiger partial charge on any atom is -0.327 e. The van der Waals surface area contributed by atoms with Crippen LogP contribution in [0.1, 0.15) is 39.0 Å². The molecular formula is C12H19N. The summed E-state index contributed by atoms with van der Waals surface area (Å²) in [5.41, 5.74) is 6.14. The Morgan fingerprint density at radius 3 is 2.69 bits per heavy atom. The van der Waals surface area contributed by atoms with Gasteiger partial charge >= 0.3 is 0 Å². The van der Waals surface area contributed by atoms with Gasteiger partial charge in [-0.3, -0.25) is 0 Å². The van der Waals surface area contributed by atoms with E-state index in [0.29, 0.717) is 6.04 Å². The summed E-state index contributed by atoms with van der Waals surface area (Å²) in [5, 5.41) is 0. The molecule has 1 heteroatoms. The highest BCUT2D eigenvalue weighted by Gasteiger charge is 2.54. The molecule has 0 aromatic rings. The highest BCUT2D eigenvalue weighted by molar-refractivity contribution is 5.06. The average Bonchev–Trinajstić information content (AvgIpc) is 2.61. The molecule has 0 aliphatic heterocycles. The molecule has 0 amide bonds. The van der Waals surface area contributed by atoms with E-state index < -0.39 is 0 Å². The summed E-state index contributed by atoms with van der Waals surface area (Å²) in [7, 11) is 0. The van der Waals surface area contributed by atoms with E-state index in [2.05, 4.69) is 11.8 Å². The van der Waals surface area contributed by atoms with Crippen molar-refractivity contribution in [2.45, 2.75) is 45.1 Å². The van der Waals surface area contributed by atoms with Crippen LogP contribution < -0.4 is 5.73 Å². The van der Waals surface area contributed by atoms with Crippen LogP contribution in [0.15, 0.2) is 0 Å². The van der Waals surface area contributed by atoms with Crippen LogP contribution >= 0.6 is 0 Å². The normalized spacial score (nSPS) is 37.5. The van der Waals surface area contributed by atoms with Crippen molar-refractivity contribution in [3.05, 3.63) is 0 Å². The molecule has 2 aliphatic carbocycles. The van der Waals surface area contributed by atoms with E-state index >= 15 is 0 Å². The maximum atomic E-state index is 6.14. The van der Waals surface area contributed by atoms with Crippen LogP contribution in [0, 0.1) is 29.6 Å². The predicted octanol–water partition coefficient (Wildman–Crippen LogP) is 2.16. The topological polar surface area (TPSA) is 26.0 Å². The molecule has 0 aromatic heterocycles. The lowest BCUT2D eigenvalue weighted by Crippen LogP contribution is -2.24. The maximum absolute atomic E-state index is 6.14. The highest BCUT2D eigenvalue weighted by Crippen LogP contribution is 2.59. The van der Waals surface area contributed by atoms with Crippen LogP contribution in [0.5, 0.6) is 0 Å². The third kappa shape index (κ3) is 1.74. The van der Waals surface area contributed by atoms with Gasteiger partial charge in [-0.1, -0.05) is 6.42 Å². The van der Waals surface area contributed by atoms with Crippen LogP contribution in [0.2, 0.25) is 0 Å². The molecule has 13 heavy (non-hydrogen) atoms. The lowest BCUT2D eigenvalue weighted by Gasteiger charge is -2.11. The standard InChI is InChI=1S/C12H19N/c1-2-3-4-8-11(13)12-9-6-5-7-10(9)12/h9-12H,4-8,13H2,1H3. The summed E-state index contributed by atoms with van der Waals surface area (Å²) in [6.07, 6.45) is 6.45. The first-order valence-corrected chi connectivity index (χ1v) is 5.49. The fraction of sp³-hybridized carbons (Fsp3) is 0.833.